The molecule has 0 aromatic heterocycles. The maximum Gasteiger partial charge on any atom is 0.127 e. The van der Waals surface area contributed by atoms with Gasteiger partial charge in [0.05, 0.1) is 18.9 Å². The highest BCUT2D eigenvalue weighted by atomic mass is 16.5. The van der Waals surface area contributed by atoms with E-state index < -0.39 is 0 Å². The molecule has 2 aromatic rings. The molecule has 2 fully saturated rings. The van der Waals surface area contributed by atoms with Crippen molar-refractivity contribution < 1.29 is 9.47 Å². The number of likely N-dealkylation sites (N-methyl/N-ethyl adjacent to an activating group) is 1. The van der Waals surface area contributed by atoms with Crippen LogP contribution in [0.1, 0.15) is 30.5 Å². The van der Waals surface area contributed by atoms with E-state index in [-0.39, 0.29) is 12.2 Å². The van der Waals surface area contributed by atoms with Gasteiger partial charge in [-0.2, -0.15) is 0 Å². The third-order valence-corrected chi connectivity index (χ3v) is 6.89. The maximum absolute atomic E-state index is 6.25. The van der Waals surface area contributed by atoms with Gasteiger partial charge < -0.3 is 14.4 Å². The molecule has 166 valence electrons. The molecule has 0 aliphatic carbocycles. The summed E-state index contributed by atoms with van der Waals surface area (Å²) in [5.74, 6) is 2.28. The molecule has 0 spiro atoms. The molecular formula is C25H34N4O2. The SMILES string of the molecule is CC1NC2c3ccc(OCc4ccccc4)cc3OCCC2C(N2CCN(C)CC2)N1. The van der Waals surface area contributed by atoms with Crippen molar-refractivity contribution >= 4 is 0 Å². The fourth-order valence-corrected chi connectivity index (χ4v) is 5.16. The van der Waals surface area contributed by atoms with Crippen molar-refractivity contribution in [2.24, 2.45) is 5.92 Å². The van der Waals surface area contributed by atoms with Crippen LogP contribution in [0.3, 0.4) is 0 Å². The number of benzene rings is 2. The van der Waals surface area contributed by atoms with Crippen LogP contribution in [0, 0.1) is 5.92 Å². The third kappa shape index (κ3) is 4.58. The number of piperazine rings is 1. The zero-order valence-electron chi connectivity index (χ0n) is 18.6. The monoisotopic (exact) mass is 422 g/mol. The molecule has 6 nitrogen and oxygen atoms in total. The van der Waals surface area contributed by atoms with E-state index in [2.05, 4.69) is 64.7 Å². The van der Waals surface area contributed by atoms with Crippen LogP contribution in [0.2, 0.25) is 0 Å². The average molecular weight is 423 g/mol. The van der Waals surface area contributed by atoms with E-state index in [1.54, 1.807) is 0 Å². The first kappa shape index (κ1) is 20.8. The van der Waals surface area contributed by atoms with Crippen molar-refractivity contribution in [2.75, 3.05) is 39.8 Å². The summed E-state index contributed by atoms with van der Waals surface area (Å²) in [6, 6.07) is 16.9. The van der Waals surface area contributed by atoms with Crippen LogP contribution < -0.4 is 20.1 Å². The summed E-state index contributed by atoms with van der Waals surface area (Å²) in [5, 5.41) is 7.63. The Bertz CT molecular complexity index is 869. The van der Waals surface area contributed by atoms with Gasteiger partial charge in [0.15, 0.2) is 0 Å². The highest BCUT2D eigenvalue weighted by Crippen LogP contribution is 2.41. The van der Waals surface area contributed by atoms with Crippen LogP contribution in [-0.2, 0) is 6.61 Å². The molecule has 2 aromatic carbocycles. The lowest BCUT2D eigenvalue weighted by atomic mass is 9.85. The Labute approximate surface area is 185 Å². The van der Waals surface area contributed by atoms with Crippen LogP contribution >= 0.6 is 0 Å². The van der Waals surface area contributed by atoms with Gasteiger partial charge in [-0.1, -0.05) is 36.4 Å². The smallest absolute Gasteiger partial charge is 0.127 e. The Hall–Kier alpha value is -2.12. The van der Waals surface area contributed by atoms with Gasteiger partial charge >= 0.3 is 0 Å². The zero-order valence-corrected chi connectivity index (χ0v) is 18.6. The van der Waals surface area contributed by atoms with Crippen molar-refractivity contribution in [3.63, 3.8) is 0 Å². The molecule has 2 saturated heterocycles. The summed E-state index contributed by atoms with van der Waals surface area (Å²) in [5.41, 5.74) is 2.42. The second kappa shape index (κ2) is 9.17. The van der Waals surface area contributed by atoms with E-state index >= 15 is 0 Å². The largest absolute Gasteiger partial charge is 0.493 e. The normalized spacial score (nSPS) is 29.4. The van der Waals surface area contributed by atoms with E-state index in [0.717, 1.165) is 50.7 Å². The number of hydrogen-bond acceptors (Lipinski definition) is 6. The Morgan fingerprint density at radius 3 is 2.65 bits per heavy atom. The first-order valence-corrected chi connectivity index (χ1v) is 11.6. The summed E-state index contributed by atoms with van der Waals surface area (Å²) in [6.07, 6.45) is 1.66. The van der Waals surface area contributed by atoms with Gasteiger partial charge in [-0.15, -0.1) is 0 Å². The summed E-state index contributed by atoms with van der Waals surface area (Å²) < 4.78 is 12.3. The minimum Gasteiger partial charge on any atom is -0.493 e. The number of hydrogen-bond donors (Lipinski definition) is 2. The zero-order chi connectivity index (χ0) is 21.2. The molecule has 0 amide bonds. The Balaban J connectivity index is 1.35. The van der Waals surface area contributed by atoms with Gasteiger partial charge in [-0.3, -0.25) is 15.5 Å². The third-order valence-electron chi connectivity index (χ3n) is 6.89. The molecule has 2 N–H and O–H groups in total. The number of fused-ring (bicyclic) bond motifs is 3. The highest BCUT2D eigenvalue weighted by Gasteiger charge is 2.42. The lowest BCUT2D eigenvalue weighted by molar-refractivity contribution is 0.00880. The predicted octanol–water partition coefficient (Wildman–Crippen LogP) is 2.82. The Morgan fingerprint density at radius 2 is 1.84 bits per heavy atom. The van der Waals surface area contributed by atoms with Gasteiger partial charge in [-0.25, -0.2) is 0 Å². The quantitative estimate of drug-likeness (QED) is 0.790. The molecule has 5 rings (SSSR count). The van der Waals surface area contributed by atoms with Crippen LogP contribution in [0.5, 0.6) is 11.5 Å². The van der Waals surface area contributed by atoms with Crippen molar-refractivity contribution in [3.8, 4) is 11.5 Å². The number of ether oxygens (including phenoxy) is 2. The lowest BCUT2D eigenvalue weighted by Gasteiger charge is -2.49. The molecule has 4 unspecified atom stereocenters. The minimum atomic E-state index is 0.255. The highest BCUT2D eigenvalue weighted by molar-refractivity contribution is 5.44. The van der Waals surface area contributed by atoms with E-state index in [4.69, 9.17) is 9.47 Å². The van der Waals surface area contributed by atoms with E-state index in [9.17, 15) is 0 Å². The fourth-order valence-electron chi connectivity index (χ4n) is 5.16. The van der Waals surface area contributed by atoms with Gasteiger partial charge in [0.2, 0.25) is 0 Å². The predicted molar refractivity (Wildman–Crippen MR) is 122 cm³/mol. The van der Waals surface area contributed by atoms with Gasteiger partial charge in [-0.05, 0) is 32.0 Å². The molecule has 0 bridgehead atoms. The van der Waals surface area contributed by atoms with E-state index in [0.29, 0.717) is 18.7 Å². The van der Waals surface area contributed by atoms with Crippen molar-refractivity contribution in [2.45, 2.75) is 38.3 Å². The number of rotatable bonds is 4. The van der Waals surface area contributed by atoms with Crippen LogP contribution in [0.15, 0.2) is 48.5 Å². The topological polar surface area (TPSA) is 49.0 Å². The standard InChI is InChI=1S/C25H34N4O2/c1-18-26-24-21-9-8-20(31-17-19-6-4-3-5-7-19)16-23(21)30-15-10-22(24)25(27-18)29-13-11-28(2)12-14-29/h3-9,16,18,22,24-27H,10-15,17H2,1-2H3. The van der Waals surface area contributed by atoms with Gasteiger partial charge in [0.25, 0.3) is 0 Å². The molecular weight excluding hydrogens is 388 g/mol. The van der Waals surface area contributed by atoms with Crippen LogP contribution in [-0.4, -0.2) is 62.0 Å². The first-order chi connectivity index (χ1) is 15.2. The molecule has 4 atom stereocenters. The summed E-state index contributed by atoms with van der Waals surface area (Å²) >= 11 is 0. The molecule has 0 radical (unpaired) electrons. The minimum absolute atomic E-state index is 0.255. The Kier molecular flexibility index (Phi) is 6.14. The second-order valence-corrected chi connectivity index (χ2v) is 9.09. The molecule has 3 aliphatic heterocycles. The fraction of sp³-hybridized carbons (Fsp3) is 0.520. The molecule has 3 aliphatic rings. The van der Waals surface area contributed by atoms with Gasteiger partial charge in [0, 0.05) is 49.8 Å². The van der Waals surface area contributed by atoms with Gasteiger partial charge in [0.1, 0.15) is 18.1 Å². The summed E-state index contributed by atoms with van der Waals surface area (Å²) in [7, 11) is 2.21. The summed E-state index contributed by atoms with van der Waals surface area (Å²) in [6.45, 7) is 8.02. The second-order valence-electron chi connectivity index (χ2n) is 9.09. The number of nitrogens with one attached hydrogen (secondary N) is 2. The number of nitrogens with zero attached hydrogens (tertiary/aromatic N) is 2. The van der Waals surface area contributed by atoms with E-state index in [1.165, 1.54) is 11.1 Å². The van der Waals surface area contributed by atoms with E-state index in [1.807, 2.05) is 18.2 Å². The molecule has 31 heavy (non-hydrogen) atoms. The van der Waals surface area contributed by atoms with Crippen LogP contribution in [0.4, 0.5) is 0 Å². The summed E-state index contributed by atoms with van der Waals surface area (Å²) in [4.78, 5) is 5.05. The molecule has 6 heteroatoms. The first-order valence-electron chi connectivity index (χ1n) is 11.6. The molecule has 0 saturated carbocycles. The maximum atomic E-state index is 6.25. The molecule has 3 heterocycles. The van der Waals surface area contributed by atoms with Crippen molar-refractivity contribution in [1.82, 2.24) is 20.4 Å². The lowest BCUT2D eigenvalue weighted by Crippen LogP contribution is -2.66. The van der Waals surface area contributed by atoms with Crippen molar-refractivity contribution in [1.29, 1.82) is 0 Å². The average Bonchev–Trinajstić information content (AvgIpc) is 2.97. The van der Waals surface area contributed by atoms with Crippen molar-refractivity contribution in [3.05, 3.63) is 59.7 Å². The Morgan fingerprint density at radius 1 is 1.03 bits per heavy atom. The van der Waals surface area contributed by atoms with Crippen LogP contribution in [0.25, 0.3) is 0 Å².